The Morgan fingerprint density at radius 3 is 2.33 bits per heavy atom. The fourth-order valence-corrected chi connectivity index (χ4v) is 4.22. The molecule has 0 fully saturated rings. The zero-order chi connectivity index (χ0) is 11.4. The molecule has 0 saturated heterocycles. The van der Waals surface area contributed by atoms with Crippen LogP contribution in [0, 0.1) is 0 Å². The van der Waals surface area contributed by atoms with Crippen LogP contribution in [0.5, 0.6) is 0 Å². The van der Waals surface area contributed by atoms with Crippen LogP contribution in [0.4, 0.5) is 0 Å². The number of esters is 1. The van der Waals surface area contributed by atoms with Gasteiger partial charge in [-0.1, -0.05) is 0 Å². The van der Waals surface area contributed by atoms with E-state index in [1.807, 2.05) is 0 Å². The summed E-state index contributed by atoms with van der Waals surface area (Å²) in [5.74, 6) is -0.0607. The first-order valence-electron chi connectivity index (χ1n) is 5.95. The summed E-state index contributed by atoms with van der Waals surface area (Å²) in [6, 6.07) is 0. The molecular weight excluding hydrogens is 304 g/mol. The van der Waals surface area contributed by atoms with E-state index in [2.05, 4.69) is 11.7 Å². The Balaban J connectivity index is 2.95. The van der Waals surface area contributed by atoms with E-state index in [0.29, 0.717) is 27.3 Å². The van der Waals surface area contributed by atoms with Crippen molar-refractivity contribution in [2.24, 2.45) is 0 Å². The van der Waals surface area contributed by atoms with Crippen LogP contribution in [-0.2, 0) is 9.53 Å². The number of carbonyl (C=O) groups is 1. The molecule has 0 amide bonds. The van der Waals surface area contributed by atoms with Crippen molar-refractivity contribution >= 4 is 26.9 Å². The topological polar surface area (TPSA) is 26.3 Å². The van der Waals surface area contributed by atoms with Crippen molar-refractivity contribution in [3.63, 3.8) is 0 Å². The van der Waals surface area contributed by atoms with Gasteiger partial charge in [0, 0.05) is 0 Å². The third-order valence-corrected chi connectivity index (χ3v) is 5.59. The second kappa shape index (κ2) is 12.3. The molecule has 90 valence electrons. The number of unbranched alkanes of at least 4 members (excludes halogenated alkanes) is 4. The molecule has 0 rings (SSSR count). The molecule has 0 heterocycles. The third-order valence-electron chi connectivity index (χ3n) is 2.29. The average Bonchev–Trinajstić information content (AvgIpc) is 2.26. The van der Waals surface area contributed by atoms with E-state index in [9.17, 15) is 4.79 Å². The van der Waals surface area contributed by atoms with Crippen LogP contribution in [0.3, 0.4) is 0 Å². The van der Waals surface area contributed by atoms with E-state index < -0.39 is 0 Å². The van der Waals surface area contributed by atoms with Crippen molar-refractivity contribution in [3.8, 4) is 0 Å². The maximum atomic E-state index is 10.8. The Kier molecular flexibility index (Phi) is 12.5. The zero-order valence-electron chi connectivity index (χ0n) is 10.1. The molecule has 0 atom stereocenters. The van der Waals surface area contributed by atoms with Gasteiger partial charge in [-0.15, -0.1) is 0 Å². The first kappa shape index (κ1) is 15.3. The summed E-state index contributed by atoms with van der Waals surface area (Å²) in [5, 5.41) is 0. The van der Waals surface area contributed by atoms with Gasteiger partial charge >= 0.3 is 104 Å². The van der Waals surface area contributed by atoms with E-state index in [-0.39, 0.29) is 5.97 Å². The van der Waals surface area contributed by atoms with E-state index in [4.69, 9.17) is 0 Å². The van der Waals surface area contributed by atoms with Gasteiger partial charge in [-0.3, -0.25) is 0 Å². The molecule has 0 aliphatic heterocycles. The standard InChI is InChI=1S/C12H24O2Te/c1-3-4-7-10-15-11-8-5-6-9-12(13)14-2/h3-11H2,1-2H3. The number of rotatable bonds is 10. The van der Waals surface area contributed by atoms with Crippen LogP contribution in [-0.4, -0.2) is 34.0 Å². The van der Waals surface area contributed by atoms with Crippen LogP contribution in [0.25, 0.3) is 0 Å². The molecular formula is C12H24O2Te. The normalized spacial score (nSPS) is 10.3. The van der Waals surface area contributed by atoms with E-state index in [1.54, 1.807) is 0 Å². The molecule has 0 spiro atoms. The first-order valence-corrected chi connectivity index (χ1v) is 9.25. The summed E-state index contributed by atoms with van der Waals surface area (Å²) in [7, 11) is 1.46. The van der Waals surface area contributed by atoms with Gasteiger partial charge in [-0.05, 0) is 0 Å². The molecule has 0 aliphatic rings. The van der Waals surface area contributed by atoms with Gasteiger partial charge in [0.15, 0.2) is 0 Å². The fraction of sp³-hybridized carbons (Fsp3) is 0.917. The van der Waals surface area contributed by atoms with Crippen LogP contribution >= 0.6 is 0 Å². The Bertz CT molecular complexity index is 149. The summed E-state index contributed by atoms with van der Waals surface area (Å²) in [6.45, 7) is 2.26. The van der Waals surface area contributed by atoms with E-state index >= 15 is 0 Å². The monoisotopic (exact) mass is 330 g/mol. The number of hydrogen-bond donors (Lipinski definition) is 0. The Morgan fingerprint density at radius 2 is 1.73 bits per heavy atom. The molecule has 3 heteroatoms. The molecule has 0 radical (unpaired) electrons. The van der Waals surface area contributed by atoms with Crippen LogP contribution in [0.2, 0.25) is 8.94 Å². The predicted octanol–water partition coefficient (Wildman–Crippen LogP) is 3.45. The number of methoxy groups -OCH3 is 1. The van der Waals surface area contributed by atoms with Gasteiger partial charge in [-0.25, -0.2) is 0 Å². The molecule has 0 aromatic carbocycles. The van der Waals surface area contributed by atoms with Gasteiger partial charge < -0.3 is 0 Å². The van der Waals surface area contributed by atoms with Gasteiger partial charge in [0.25, 0.3) is 0 Å². The van der Waals surface area contributed by atoms with Crippen molar-refractivity contribution in [2.45, 2.75) is 60.8 Å². The summed E-state index contributed by atoms with van der Waals surface area (Å²) in [4.78, 5) is 10.8. The molecule has 0 aromatic heterocycles. The van der Waals surface area contributed by atoms with Crippen molar-refractivity contribution < 1.29 is 9.53 Å². The van der Waals surface area contributed by atoms with Gasteiger partial charge in [0.1, 0.15) is 0 Å². The average molecular weight is 328 g/mol. The van der Waals surface area contributed by atoms with Crippen molar-refractivity contribution in [3.05, 3.63) is 0 Å². The fourth-order valence-electron chi connectivity index (χ4n) is 1.31. The van der Waals surface area contributed by atoms with Crippen LogP contribution in [0.15, 0.2) is 0 Å². The first-order chi connectivity index (χ1) is 7.31. The van der Waals surface area contributed by atoms with Gasteiger partial charge in [0.2, 0.25) is 0 Å². The minimum absolute atomic E-state index is 0.0607. The van der Waals surface area contributed by atoms with Crippen LogP contribution in [0.1, 0.15) is 51.9 Å². The molecule has 2 nitrogen and oxygen atoms in total. The SMILES string of the molecule is CCCCC[Te]CCCCCC(=O)OC. The number of hydrogen-bond acceptors (Lipinski definition) is 2. The molecule has 0 aliphatic carbocycles. The summed E-state index contributed by atoms with van der Waals surface area (Å²) in [5.41, 5.74) is 0. The van der Waals surface area contributed by atoms with Crippen LogP contribution < -0.4 is 0 Å². The quantitative estimate of drug-likeness (QED) is 0.349. The van der Waals surface area contributed by atoms with Crippen molar-refractivity contribution in [1.29, 1.82) is 0 Å². The molecule has 0 saturated carbocycles. The number of carbonyl (C=O) groups excluding carboxylic acids is 1. The maximum absolute atomic E-state index is 10.8. The molecule has 0 N–H and O–H groups in total. The molecule has 0 unspecified atom stereocenters. The molecule has 15 heavy (non-hydrogen) atoms. The number of ether oxygens (including phenoxy) is 1. The zero-order valence-corrected chi connectivity index (χ0v) is 12.4. The Morgan fingerprint density at radius 1 is 1.07 bits per heavy atom. The second-order valence-electron chi connectivity index (χ2n) is 3.71. The third kappa shape index (κ3) is 12.2. The predicted molar refractivity (Wildman–Crippen MR) is 65.4 cm³/mol. The Labute approximate surface area is 104 Å². The van der Waals surface area contributed by atoms with E-state index in [0.717, 1.165) is 6.42 Å². The van der Waals surface area contributed by atoms with Crippen molar-refractivity contribution in [1.82, 2.24) is 0 Å². The van der Waals surface area contributed by atoms with Gasteiger partial charge in [-0.2, -0.15) is 0 Å². The second-order valence-corrected chi connectivity index (χ2v) is 7.20. The minimum atomic E-state index is -0.0607. The summed E-state index contributed by atoms with van der Waals surface area (Å²) >= 11 is 0.295. The van der Waals surface area contributed by atoms with Gasteiger partial charge in [0.05, 0.1) is 0 Å². The Hall–Kier alpha value is 0.260. The summed E-state index contributed by atoms with van der Waals surface area (Å²) < 4.78 is 7.56. The van der Waals surface area contributed by atoms with E-state index in [1.165, 1.54) is 48.2 Å². The molecule has 0 bridgehead atoms. The molecule has 0 aromatic rings. The summed E-state index contributed by atoms with van der Waals surface area (Å²) in [6.07, 6.45) is 8.33. The van der Waals surface area contributed by atoms with Crippen molar-refractivity contribution in [2.75, 3.05) is 7.11 Å².